The highest BCUT2D eigenvalue weighted by atomic mass is 35.5. The summed E-state index contributed by atoms with van der Waals surface area (Å²) in [6.45, 7) is 4.82. The Labute approximate surface area is 272 Å². The van der Waals surface area contributed by atoms with Gasteiger partial charge >= 0.3 is 5.91 Å². The smallest absolute Gasteiger partial charge is 0.301 e. The van der Waals surface area contributed by atoms with E-state index < -0.39 is 17.7 Å². The lowest BCUT2D eigenvalue weighted by Crippen LogP contribution is -2.29. The second-order valence-electron chi connectivity index (χ2n) is 9.62. The highest BCUT2D eigenvalue weighted by Crippen LogP contribution is 2.45. The number of aliphatic hydroxyl groups excluding tert-OH is 1. The first kappa shape index (κ1) is 31.8. The monoisotopic (exact) mass is 670 g/mol. The van der Waals surface area contributed by atoms with Crippen LogP contribution in [-0.2, 0) is 15.3 Å². The van der Waals surface area contributed by atoms with Crippen LogP contribution in [-0.4, -0.2) is 45.2 Å². The standard InChI is InChI=1S/C31H28Cl2N4O5S2/c1-3-5-14-42-23-9-7-19(15-24(23)41-4-2)26-25(27(38)18-10-12-34-13-11-18)28(39)29(40)37(26)30-35-36-31(44-30)43-17-20-6-8-21(32)16-22(20)33/h6-13,15-16,26,38H,3-5,14,17H2,1-2H3/b27-25+. The number of thioether (sulfide) groups is 1. The molecule has 9 nitrogen and oxygen atoms in total. The number of benzene rings is 2. The van der Waals surface area contributed by atoms with Gasteiger partial charge in [-0.2, -0.15) is 0 Å². The molecular weight excluding hydrogens is 643 g/mol. The van der Waals surface area contributed by atoms with Crippen molar-refractivity contribution in [2.45, 2.75) is 42.8 Å². The number of rotatable bonds is 12. The number of amides is 1. The first-order chi connectivity index (χ1) is 21.3. The fraction of sp³-hybridized carbons (Fsp3) is 0.258. The maximum absolute atomic E-state index is 13.6. The molecule has 1 atom stereocenters. The Kier molecular flexibility index (Phi) is 10.4. The highest BCUT2D eigenvalue weighted by molar-refractivity contribution is 8.00. The molecule has 228 valence electrons. The molecule has 1 saturated heterocycles. The molecule has 13 heteroatoms. The quantitative estimate of drug-likeness (QED) is 0.0404. The minimum atomic E-state index is -1.01. The van der Waals surface area contributed by atoms with Crippen molar-refractivity contribution in [3.8, 4) is 11.5 Å². The van der Waals surface area contributed by atoms with Crippen LogP contribution in [0.25, 0.3) is 5.76 Å². The lowest BCUT2D eigenvalue weighted by molar-refractivity contribution is -0.132. The molecule has 0 bridgehead atoms. The molecule has 1 aliphatic heterocycles. The maximum Gasteiger partial charge on any atom is 0.301 e. The number of pyridine rings is 1. The SMILES string of the molecule is CCCCOc1ccc(C2/C(=C(\O)c3ccncc3)C(=O)C(=O)N2c2nnc(SCc3ccc(Cl)cc3Cl)s2)cc1OCC. The molecule has 0 radical (unpaired) electrons. The lowest BCUT2D eigenvalue weighted by Gasteiger charge is -2.23. The fourth-order valence-electron chi connectivity index (χ4n) is 4.56. The Bertz CT molecular complexity index is 1700. The van der Waals surface area contributed by atoms with Crippen LogP contribution in [0, 0.1) is 0 Å². The third-order valence-electron chi connectivity index (χ3n) is 6.71. The molecule has 0 spiro atoms. The third-order valence-corrected chi connectivity index (χ3v) is 9.40. The Morgan fingerprint density at radius 3 is 2.55 bits per heavy atom. The highest BCUT2D eigenvalue weighted by Gasteiger charge is 2.48. The normalized spacial score (nSPS) is 16.0. The molecule has 44 heavy (non-hydrogen) atoms. The van der Waals surface area contributed by atoms with Crippen molar-refractivity contribution in [2.24, 2.45) is 0 Å². The topological polar surface area (TPSA) is 115 Å². The molecule has 0 saturated carbocycles. The van der Waals surface area contributed by atoms with Gasteiger partial charge in [-0.15, -0.1) is 10.2 Å². The van der Waals surface area contributed by atoms with E-state index in [4.69, 9.17) is 32.7 Å². The van der Waals surface area contributed by atoms with E-state index in [1.165, 1.54) is 29.1 Å². The first-order valence-corrected chi connectivity index (χ1v) is 16.4. The summed E-state index contributed by atoms with van der Waals surface area (Å²) in [5.74, 6) is -0.500. The number of ether oxygens (including phenoxy) is 2. The van der Waals surface area contributed by atoms with Gasteiger partial charge in [0, 0.05) is 33.8 Å². The van der Waals surface area contributed by atoms with Crippen molar-refractivity contribution in [3.63, 3.8) is 0 Å². The van der Waals surface area contributed by atoms with Gasteiger partial charge in [0.15, 0.2) is 15.8 Å². The van der Waals surface area contributed by atoms with Crippen molar-refractivity contribution in [1.82, 2.24) is 15.2 Å². The van der Waals surface area contributed by atoms with Gasteiger partial charge in [0.1, 0.15) is 5.76 Å². The average Bonchev–Trinajstić information content (AvgIpc) is 3.59. The van der Waals surface area contributed by atoms with Crippen LogP contribution in [0.3, 0.4) is 0 Å². The van der Waals surface area contributed by atoms with Crippen molar-refractivity contribution in [1.29, 1.82) is 0 Å². The van der Waals surface area contributed by atoms with Crippen molar-refractivity contribution >= 4 is 68.9 Å². The second-order valence-corrected chi connectivity index (χ2v) is 12.6. The van der Waals surface area contributed by atoms with E-state index >= 15 is 0 Å². The van der Waals surface area contributed by atoms with Crippen LogP contribution in [0.2, 0.25) is 10.0 Å². The maximum atomic E-state index is 13.6. The summed E-state index contributed by atoms with van der Waals surface area (Å²) in [5.41, 5.74) is 1.66. The number of hydrogen-bond donors (Lipinski definition) is 1. The summed E-state index contributed by atoms with van der Waals surface area (Å²) in [6.07, 6.45) is 4.84. The van der Waals surface area contributed by atoms with Crippen molar-refractivity contribution in [2.75, 3.05) is 18.1 Å². The molecule has 3 heterocycles. The molecule has 1 fully saturated rings. The number of ketones is 1. The fourth-order valence-corrected chi connectivity index (χ4v) is 6.98. The van der Waals surface area contributed by atoms with Gasteiger partial charge in [-0.1, -0.05) is 71.8 Å². The van der Waals surface area contributed by atoms with Gasteiger partial charge < -0.3 is 14.6 Å². The predicted octanol–water partition coefficient (Wildman–Crippen LogP) is 7.74. The molecule has 5 rings (SSSR count). The number of Topliss-reactive ketones (excluding diaryl/α,β-unsaturated/α-hetero) is 1. The van der Waals surface area contributed by atoms with Crippen LogP contribution in [0.15, 0.2) is 70.8 Å². The minimum absolute atomic E-state index is 0.0827. The van der Waals surface area contributed by atoms with Gasteiger partial charge in [-0.3, -0.25) is 19.5 Å². The Morgan fingerprint density at radius 1 is 1.02 bits per heavy atom. The van der Waals surface area contributed by atoms with E-state index in [-0.39, 0.29) is 16.5 Å². The summed E-state index contributed by atoms with van der Waals surface area (Å²) >= 11 is 14.9. The van der Waals surface area contributed by atoms with Crippen LogP contribution in [0.1, 0.15) is 49.4 Å². The zero-order valence-electron chi connectivity index (χ0n) is 23.8. The zero-order valence-corrected chi connectivity index (χ0v) is 27.0. The van der Waals surface area contributed by atoms with Gasteiger partial charge in [0.2, 0.25) is 5.13 Å². The molecule has 1 amide bonds. The van der Waals surface area contributed by atoms with Crippen LogP contribution < -0.4 is 14.4 Å². The number of hydrogen-bond acceptors (Lipinski definition) is 10. The molecule has 1 aliphatic rings. The molecule has 1 N–H and O–H groups in total. The molecule has 4 aromatic rings. The summed E-state index contributed by atoms with van der Waals surface area (Å²) in [7, 11) is 0. The molecule has 1 unspecified atom stereocenters. The van der Waals surface area contributed by atoms with Crippen molar-refractivity contribution in [3.05, 3.63) is 93.2 Å². The predicted molar refractivity (Wildman–Crippen MR) is 173 cm³/mol. The minimum Gasteiger partial charge on any atom is -0.507 e. The van der Waals surface area contributed by atoms with Gasteiger partial charge in [0.25, 0.3) is 5.78 Å². The van der Waals surface area contributed by atoms with Crippen molar-refractivity contribution < 1.29 is 24.2 Å². The van der Waals surface area contributed by atoms with Crippen LogP contribution in [0.5, 0.6) is 11.5 Å². The number of nitrogens with zero attached hydrogens (tertiary/aromatic N) is 4. The van der Waals surface area contributed by atoms with E-state index in [1.54, 1.807) is 42.5 Å². The van der Waals surface area contributed by atoms with E-state index in [0.717, 1.165) is 29.7 Å². The number of unbranched alkanes of at least 4 members (excludes halogenated alkanes) is 1. The van der Waals surface area contributed by atoms with E-state index in [1.807, 2.05) is 13.0 Å². The summed E-state index contributed by atoms with van der Waals surface area (Å²) in [4.78, 5) is 32.4. The number of halogens is 2. The number of carbonyl (C=O) groups excluding carboxylic acids is 2. The average molecular weight is 672 g/mol. The molecule has 2 aromatic heterocycles. The number of anilines is 1. The number of aromatic nitrogens is 3. The van der Waals surface area contributed by atoms with Gasteiger partial charge in [0.05, 0.1) is 24.8 Å². The molecular formula is C31H28Cl2N4O5S2. The summed E-state index contributed by atoms with van der Waals surface area (Å²) < 4.78 is 12.4. The molecule has 0 aliphatic carbocycles. The number of aliphatic hydroxyl groups is 1. The van der Waals surface area contributed by atoms with E-state index in [0.29, 0.717) is 56.0 Å². The van der Waals surface area contributed by atoms with E-state index in [2.05, 4.69) is 22.1 Å². The Hall–Kier alpha value is -3.64. The Morgan fingerprint density at radius 2 is 1.82 bits per heavy atom. The third kappa shape index (κ3) is 6.86. The van der Waals surface area contributed by atoms with Gasteiger partial charge in [-0.05, 0) is 60.9 Å². The van der Waals surface area contributed by atoms with Gasteiger partial charge in [-0.25, -0.2) is 0 Å². The zero-order chi connectivity index (χ0) is 31.2. The lowest BCUT2D eigenvalue weighted by atomic mass is 9.95. The van der Waals surface area contributed by atoms with Crippen LogP contribution in [0.4, 0.5) is 5.13 Å². The second kappa shape index (κ2) is 14.4. The first-order valence-electron chi connectivity index (χ1n) is 13.8. The summed E-state index contributed by atoms with van der Waals surface area (Å²) in [6, 6.07) is 12.6. The van der Waals surface area contributed by atoms with Crippen LogP contribution >= 0.6 is 46.3 Å². The summed E-state index contributed by atoms with van der Waals surface area (Å²) in [5, 5.41) is 21.2. The largest absolute Gasteiger partial charge is 0.507 e. The van der Waals surface area contributed by atoms with E-state index in [9.17, 15) is 14.7 Å². The molecule has 2 aromatic carbocycles. The number of carbonyl (C=O) groups is 2. The Balaban J connectivity index is 1.55.